The first kappa shape index (κ1) is 29.0. The zero-order chi connectivity index (χ0) is 27.7. The van der Waals surface area contributed by atoms with E-state index in [1.165, 1.54) is 11.0 Å². The molecule has 202 valence electrons. The average molecular weight is 558 g/mol. The molecule has 0 bridgehead atoms. The van der Waals surface area contributed by atoms with Gasteiger partial charge in [0.1, 0.15) is 18.3 Å². The number of benzene rings is 3. The quantitative estimate of drug-likeness (QED) is 0.364. The van der Waals surface area contributed by atoms with E-state index in [0.717, 1.165) is 21.7 Å². The van der Waals surface area contributed by atoms with Crippen LogP contribution in [0, 0.1) is 0 Å². The van der Waals surface area contributed by atoms with Gasteiger partial charge in [-0.1, -0.05) is 66.2 Å². The number of nitrogens with one attached hydrogen (secondary N) is 1. The molecule has 0 aliphatic carbocycles. The topological polar surface area (TPSA) is 96.0 Å². The molecule has 0 aliphatic heterocycles. The highest BCUT2D eigenvalue weighted by molar-refractivity contribution is 7.92. The predicted octanol–water partition coefficient (Wildman–Crippen LogP) is 3.89. The van der Waals surface area contributed by atoms with Crippen molar-refractivity contribution in [1.82, 2.24) is 10.2 Å². The Hall–Kier alpha value is -3.56. The molecule has 8 nitrogen and oxygen atoms in total. The summed E-state index contributed by atoms with van der Waals surface area (Å²) in [4.78, 5) is 28.7. The molecule has 3 rings (SSSR count). The first-order valence-corrected chi connectivity index (χ1v) is 14.3. The second-order valence-corrected chi connectivity index (χ2v) is 11.0. The largest absolute Gasteiger partial charge is 0.497 e. The Balaban J connectivity index is 2.06. The maximum Gasteiger partial charge on any atom is 0.244 e. The van der Waals surface area contributed by atoms with E-state index in [0.29, 0.717) is 12.3 Å². The van der Waals surface area contributed by atoms with Crippen molar-refractivity contribution in [1.29, 1.82) is 0 Å². The van der Waals surface area contributed by atoms with Crippen LogP contribution in [0.5, 0.6) is 5.75 Å². The highest BCUT2D eigenvalue weighted by Gasteiger charge is 2.33. The molecule has 0 heterocycles. The number of nitrogens with zero attached hydrogens (tertiary/aromatic N) is 2. The van der Waals surface area contributed by atoms with Crippen LogP contribution in [0.1, 0.15) is 18.1 Å². The second kappa shape index (κ2) is 13.3. The molecule has 3 aromatic carbocycles. The maximum absolute atomic E-state index is 13.9. The minimum absolute atomic E-state index is 0.0603. The average Bonchev–Trinajstić information content (AvgIpc) is 2.90. The number of methoxy groups -OCH3 is 1. The fraction of sp³-hybridized carbons (Fsp3) is 0.286. The van der Waals surface area contributed by atoms with E-state index in [4.69, 9.17) is 16.3 Å². The number of hydrogen-bond donors (Lipinski definition) is 1. The minimum atomic E-state index is -3.89. The van der Waals surface area contributed by atoms with E-state index in [2.05, 4.69) is 5.32 Å². The van der Waals surface area contributed by atoms with Gasteiger partial charge in [0.2, 0.25) is 21.8 Å². The molecule has 0 spiro atoms. The van der Waals surface area contributed by atoms with Crippen LogP contribution in [0.15, 0.2) is 78.9 Å². The number of carbonyl (C=O) groups is 2. The van der Waals surface area contributed by atoms with Crippen LogP contribution in [0.4, 0.5) is 5.69 Å². The van der Waals surface area contributed by atoms with Crippen molar-refractivity contribution in [2.75, 3.05) is 30.8 Å². The summed E-state index contributed by atoms with van der Waals surface area (Å²) in [5.41, 5.74) is 1.77. The van der Waals surface area contributed by atoms with E-state index < -0.39 is 28.5 Å². The van der Waals surface area contributed by atoms with E-state index in [1.54, 1.807) is 50.4 Å². The van der Waals surface area contributed by atoms with Crippen molar-refractivity contribution in [3.63, 3.8) is 0 Å². The summed E-state index contributed by atoms with van der Waals surface area (Å²) in [6.07, 6.45) is 1.26. The van der Waals surface area contributed by atoms with Gasteiger partial charge in [0.25, 0.3) is 0 Å². The van der Waals surface area contributed by atoms with Crippen LogP contribution in [0.2, 0.25) is 5.02 Å². The molecule has 3 aromatic rings. The second-order valence-electron chi connectivity index (χ2n) is 8.69. The third-order valence-corrected chi connectivity index (χ3v) is 7.36. The van der Waals surface area contributed by atoms with Crippen molar-refractivity contribution < 1.29 is 22.7 Å². The Labute approximate surface area is 229 Å². The lowest BCUT2D eigenvalue weighted by atomic mass is 10.0. The first-order chi connectivity index (χ1) is 18.1. The summed E-state index contributed by atoms with van der Waals surface area (Å²) >= 11 is 6.30. The van der Waals surface area contributed by atoms with Gasteiger partial charge < -0.3 is 15.0 Å². The van der Waals surface area contributed by atoms with Gasteiger partial charge in [0, 0.05) is 19.5 Å². The number of anilines is 1. The zero-order valence-corrected chi connectivity index (χ0v) is 23.2. The third kappa shape index (κ3) is 7.72. The zero-order valence-electron chi connectivity index (χ0n) is 21.6. The van der Waals surface area contributed by atoms with Gasteiger partial charge in [-0.25, -0.2) is 8.42 Å². The summed E-state index contributed by atoms with van der Waals surface area (Å²) in [5, 5.41) is 3.01. The molecule has 38 heavy (non-hydrogen) atoms. The smallest absolute Gasteiger partial charge is 0.244 e. The van der Waals surface area contributed by atoms with Gasteiger partial charge in [-0.2, -0.15) is 0 Å². The van der Waals surface area contributed by atoms with Crippen LogP contribution < -0.4 is 14.4 Å². The van der Waals surface area contributed by atoms with Crippen LogP contribution >= 0.6 is 11.6 Å². The van der Waals surface area contributed by atoms with E-state index in [9.17, 15) is 18.0 Å². The standard InChI is InChI=1S/C28H32ClN3O5S/c1-4-30-28(34)26(18-21-11-6-5-7-12-21)31(19-22-13-10-14-23(17-22)37-2)27(33)20-32(38(3,35)36)25-16-9-8-15-24(25)29/h5-17,26H,4,18-20H2,1-3H3,(H,30,34)/t26-/m0/s1. The fourth-order valence-corrected chi connectivity index (χ4v) is 5.21. The van der Waals surface area contributed by atoms with Crippen molar-refractivity contribution >= 4 is 39.1 Å². The predicted molar refractivity (Wildman–Crippen MR) is 150 cm³/mol. The summed E-state index contributed by atoms with van der Waals surface area (Å²) in [7, 11) is -2.34. The Morgan fingerprint density at radius 1 is 0.974 bits per heavy atom. The summed E-state index contributed by atoms with van der Waals surface area (Å²) < 4.78 is 31.9. The molecular weight excluding hydrogens is 526 g/mol. The number of carbonyl (C=O) groups excluding carboxylic acids is 2. The number of likely N-dealkylation sites (N-methyl/N-ethyl adjacent to an activating group) is 1. The lowest BCUT2D eigenvalue weighted by molar-refractivity contribution is -0.140. The molecule has 0 radical (unpaired) electrons. The molecule has 0 unspecified atom stereocenters. The van der Waals surface area contributed by atoms with Crippen LogP contribution in [-0.4, -0.2) is 57.6 Å². The van der Waals surface area contributed by atoms with Gasteiger partial charge in [-0.3, -0.25) is 13.9 Å². The van der Waals surface area contributed by atoms with E-state index in [-0.39, 0.29) is 29.6 Å². The summed E-state index contributed by atoms with van der Waals surface area (Å²) in [5.74, 6) is -0.289. The number of para-hydroxylation sites is 1. The molecule has 0 aromatic heterocycles. The number of ether oxygens (including phenoxy) is 1. The normalized spacial score (nSPS) is 11.9. The summed E-state index contributed by atoms with van der Waals surface area (Å²) in [6, 6.07) is 22.0. The maximum atomic E-state index is 13.9. The molecule has 2 amide bonds. The number of amides is 2. The van der Waals surface area contributed by atoms with Crippen molar-refractivity contribution in [3.05, 3.63) is 95.0 Å². The Morgan fingerprint density at radius 2 is 1.63 bits per heavy atom. The Kier molecular flexibility index (Phi) is 10.2. The van der Waals surface area contributed by atoms with Crippen LogP contribution in [0.3, 0.4) is 0 Å². The Morgan fingerprint density at radius 3 is 2.26 bits per heavy atom. The monoisotopic (exact) mass is 557 g/mol. The molecule has 0 fully saturated rings. The van der Waals surface area contributed by atoms with Gasteiger partial charge in [-0.15, -0.1) is 0 Å². The highest BCUT2D eigenvalue weighted by atomic mass is 35.5. The van der Waals surface area contributed by atoms with Gasteiger partial charge in [0.05, 0.1) is 24.1 Å². The third-order valence-electron chi connectivity index (χ3n) is 5.91. The van der Waals surface area contributed by atoms with Crippen LogP contribution in [0.25, 0.3) is 0 Å². The molecule has 10 heteroatoms. The lowest BCUT2D eigenvalue weighted by Crippen LogP contribution is -2.53. The van der Waals surface area contributed by atoms with Crippen LogP contribution in [-0.2, 0) is 32.6 Å². The molecular formula is C28H32ClN3O5S. The van der Waals surface area contributed by atoms with Gasteiger partial charge in [0.15, 0.2) is 0 Å². The molecule has 0 saturated carbocycles. The van der Waals surface area contributed by atoms with Crippen molar-refractivity contribution in [2.24, 2.45) is 0 Å². The van der Waals surface area contributed by atoms with E-state index in [1.807, 2.05) is 36.4 Å². The summed E-state index contributed by atoms with van der Waals surface area (Å²) in [6.45, 7) is 1.71. The van der Waals surface area contributed by atoms with E-state index >= 15 is 0 Å². The van der Waals surface area contributed by atoms with Crippen molar-refractivity contribution in [3.8, 4) is 5.75 Å². The minimum Gasteiger partial charge on any atom is -0.497 e. The number of sulfonamides is 1. The first-order valence-electron chi connectivity index (χ1n) is 12.1. The van der Waals surface area contributed by atoms with Crippen molar-refractivity contribution in [2.45, 2.75) is 25.9 Å². The molecule has 0 saturated heterocycles. The molecule has 1 atom stereocenters. The Bertz CT molecular complexity index is 1350. The van der Waals surface area contributed by atoms with Gasteiger partial charge in [-0.05, 0) is 42.3 Å². The molecule has 0 aliphatic rings. The lowest BCUT2D eigenvalue weighted by Gasteiger charge is -2.33. The van der Waals surface area contributed by atoms with Gasteiger partial charge >= 0.3 is 0 Å². The number of hydrogen-bond acceptors (Lipinski definition) is 5. The fourth-order valence-electron chi connectivity index (χ4n) is 4.06. The molecule has 1 N–H and O–H groups in total. The number of halogens is 1. The highest BCUT2D eigenvalue weighted by Crippen LogP contribution is 2.28. The SMILES string of the molecule is CCNC(=O)[C@H](Cc1ccccc1)N(Cc1cccc(OC)c1)C(=O)CN(c1ccccc1Cl)S(C)(=O)=O. The number of rotatable bonds is 12.